The number of carbonyl (C=O) groups excluding carboxylic acids is 17. The molecule has 828 valence electrons. The Morgan fingerprint density at radius 2 is 0.689 bits per heavy atom. The van der Waals surface area contributed by atoms with Crippen LogP contribution >= 0.6 is 11.8 Å². The SMILES string of the molecule is CSCC[C@H](NC(=O)[C@H](CCC(N)=O)NC(=O)[C@H](CCCNC(=N)N)NC(=O)CNC(=O)[C@H](Cc1c[nH]c2ccccc12)NC(=O)CNC(=O)[C@H](CCCNC(=N)N)NC(=O)[C@H](CCCNC(=N)N)NC(=O)[C@H](C)NC(=O)[C@@H](NC(=O)[C@H](Cc1ccccc1)NC(=O)[C@H](CCCCN)NC(=O)[C@@H](NC(=O)[C@H](CCCCN)NC(=O)[C@@H](N)CCCCN)C(C)C)[C@@H](C)O)C(=O)N[C@@H](CCCCN)C(=O)N[C@@H](CCCCN)C(=O)O. The fourth-order valence-electron chi connectivity index (χ4n) is 15.3. The van der Waals surface area contributed by atoms with Gasteiger partial charge in [-0.25, -0.2) is 4.79 Å². The molecule has 0 radical (unpaired) electrons. The predicted octanol–water partition coefficient (Wildman–Crippen LogP) is -8.11. The maximum atomic E-state index is 14.7. The van der Waals surface area contributed by atoms with Crippen molar-refractivity contribution in [1.82, 2.24) is 106 Å². The molecule has 1 aromatic heterocycles. The van der Waals surface area contributed by atoms with Gasteiger partial charge in [-0.05, 0) is 223 Å². The molecule has 0 fully saturated rings. The monoisotopic (exact) mass is 2100 g/mol. The molecule has 45 N–H and O–H groups in total. The topological polar surface area (TPSA) is 924 Å². The van der Waals surface area contributed by atoms with E-state index in [-0.39, 0.29) is 135 Å². The first-order valence-corrected chi connectivity index (χ1v) is 51.4. The van der Waals surface area contributed by atoms with Crippen molar-refractivity contribution in [3.05, 3.63) is 71.9 Å². The Bertz CT molecular complexity index is 4770. The van der Waals surface area contributed by atoms with Gasteiger partial charge < -0.3 is 174 Å². The molecule has 0 spiro atoms. The fourth-order valence-corrected chi connectivity index (χ4v) is 15.7. The number of aromatic amines is 1. The van der Waals surface area contributed by atoms with Crippen LogP contribution in [0.3, 0.4) is 0 Å². The molecule has 3 aromatic rings. The number of amides is 17. The van der Waals surface area contributed by atoms with Crippen LogP contribution in [0.4, 0.5) is 0 Å². The lowest BCUT2D eigenvalue weighted by molar-refractivity contribution is -0.142. The lowest BCUT2D eigenvalue weighted by Gasteiger charge is -2.29. The number of nitrogens with one attached hydrogen (secondary N) is 23. The lowest BCUT2D eigenvalue weighted by atomic mass is 9.99. The van der Waals surface area contributed by atoms with E-state index in [1.54, 1.807) is 80.9 Å². The van der Waals surface area contributed by atoms with Crippen LogP contribution in [0.25, 0.3) is 10.9 Å². The number of thioether (sulfide) groups is 1. The summed E-state index contributed by atoms with van der Waals surface area (Å²) in [7, 11) is 0. The molecule has 53 nitrogen and oxygen atoms in total. The van der Waals surface area contributed by atoms with E-state index < -0.39 is 253 Å². The van der Waals surface area contributed by atoms with Gasteiger partial charge in [0.1, 0.15) is 84.6 Å². The van der Waals surface area contributed by atoms with Gasteiger partial charge in [-0.3, -0.25) is 97.7 Å². The van der Waals surface area contributed by atoms with E-state index in [0.29, 0.717) is 99.3 Å². The Morgan fingerprint density at radius 3 is 1.12 bits per heavy atom. The van der Waals surface area contributed by atoms with Crippen molar-refractivity contribution in [1.29, 1.82) is 16.2 Å². The number of nitrogens with two attached hydrogens (primary N) is 10. The number of fused-ring (bicyclic) bond motifs is 1. The van der Waals surface area contributed by atoms with Crippen molar-refractivity contribution >= 4 is 147 Å². The number of aliphatic hydroxyl groups is 1. The van der Waals surface area contributed by atoms with Crippen LogP contribution in [0.15, 0.2) is 60.8 Å². The van der Waals surface area contributed by atoms with Crippen LogP contribution in [-0.4, -0.2) is 314 Å². The average molecular weight is 2110 g/mol. The van der Waals surface area contributed by atoms with Crippen molar-refractivity contribution < 1.29 is 96.5 Å². The summed E-state index contributed by atoms with van der Waals surface area (Å²) >= 11 is 1.30. The highest BCUT2D eigenvalue weighted by molar-refractivity contribution is 7.98. The molecular weight excluding hydrogens is 1940 g/mol. The van der Waals surface area contributed by atoms with Gasteiger partial charge in [-0.15, -0.1) is 0 Å². The molecule has 0 saturated carbocycles. The molecule has 3 rings (SSSR count). The third-order valence-corrected chi connectivity index (χ3v) is 24.3. The number of guanidine groups is 3. The summed E-state index contributed by atoms with van der Waals surface area (Å²) in [6.07, 6.45) is 4.30. The van der Waals surface area contributed by atoms with E-state index in [1.807, 2.05) is 0 Å². The second-order valence-electron chi connectivity index (χ2n) is 36.3. The quantitative estimate of drug-likeness (QED) is 0.0142. The second kappa shape index (κ2) is 71.8. The number of H-pyrrole nitrogens is 1. The first-order valence-electron chi connectivity index (χ1n) is 50.0. The number of unbranched alkanes of at least 4 members (excludes halogenated alkanes) is 5. The first kappa shape index (κ1) is 128. The molecule has 1 heterocycles. The van der Waals surface area contributed by atoms with Crippen molar-refractivity contribution in [2.75, 3.05) is 77.5 Å². The molecule has 0 aliphatic heterocycles. The third kappa shape index (κ3) is 51.1. The molecule has 0 saturated heterocycles. The minimum atomic E-state index is -1.87. The van der Waals surface area contributed by atoms with E-state index in [4.69, 9.17) is 73.6 Å². The minimum absolute atomic E-state index is 0.00670. The summed E-state index contributed by atoms with van der Waals surface area (Å²) in [5.74, 6) is -18.8. The van der Waals surface area contributed by atoms with E-state index in [2.05, 4.69) is 106 Å². The van der Waals surface area contributed by atoms with Crippen LogP contribution in [0, 0.1) is 22.1 Å². The molecule has 17 amide bonds. The summed E-state index contributed by atoms with van der Waals surface area (Å²) in [5.41, 5.74) is 58.6. The lowest BCUT2D eigenvalue weighted by Crippen LogP contribution is -2.62. The minimum Gasteiger partial charge on any atom is -0.480 e. The number of carboxylic acid groups (broad SMARTS) is 1. The summed E-state index contributed by atoms with van der Waals surface area (Å²) in [5, 5.41) is 93.8. The van der Waals surface area contributed by atoms with Crippen molar-refractivity contribution in [2.24, 2.45) is 63.3 Å². The summed E-state index contributed by atoms with van der Waals surface area (Å²) < 4.78 is 0. The van der Waals surface area contributed by atoms with Crippen LogP contribution < -0.4 is 158 Å². The summed E-state index contributed by atoms with van der Waals surface area (Å²) in [6, 6.07) is -6.47. The maximum absolute atomic E-state index is 14.7. The molecular formula is C94H161N33O20S. The Morgan fingerprint density at radius 1 is 0.351 bits per heavy atom. The van der Waals surface area contributed by atoms with Crippen LogP contribution in [0.5, 0.6) is 0 Å². The normalized spacial score (nSPS) is 14.4. The number of para-hydroxylation sites is 1. The summed E-state index contributed by atoms with van der Waals surface area (Å²) in [6.45, 7) is 5.19. The highest BCUT2D eigenvalue weighted by Gasteiger charge is 2.40. The summed E-state index contributed by atoms with van der Waals surface area (Å²) in [4.78, 5) is 257. The zero-order valence-electron chi connectivity index (χ0n) is 85.2. The predicted molar refractivity (Wildman–Crippen MR) is 556 cm³/mol. The number of carbonyl (C=O) groups is 18. The molecule has 54 heteroatoms. The number of hydrogen-bond donors (Lipinski definition) is 35. The van der Waals surface area contributed by atoms with Gasteiger partial charge in [-0.2, -0.15) is 11.8 Å². The molecule has 0 aliphatic carbocycles. The standard InChI is InChI=1S/C94H161N33O20S/c1-53(2)75(126-87(142)65(31-14-19-42-98)118-78(133)59(100)27-11-16-39-95)89(144)123-64(30-13-18-41-97)84(139)125-70(48-56-24-7-6-8-25-56)88(143)127-76(55(4)128)90(145)114-54(3)77(132)117-66(35-23-46-110-94(106)107)82(137)119-61(33-21-44-108-92(102)103)79(134)112-52-74(131)116-71(49-57-50-111-60-28-10-9-26-58(57)60)80(135)113-51-73(130)115-62(34-22-45-109-93(104)105)81(136)121-67(36-37-72(101)129)85(140)122-68(38-47-148-5)86(141)120-63(29-12-17-40-96)83(138)124-69(91(146)147)32-15-20-43-99/h6-10,24-26,28,50,53-55,59,61-71,75-76,111,128H,11-23,27,29-49,51-52,95-100H2,1-5H3,(H2,101,129)(H,112,134)(H,113,135)(H,114,145)(H,115,130)(H,116,131)(H,117,132)(H,118,133)(H,119,137)(H,120,141)(H,121,136)(H,122,140)(H,123,144)(H,124,138)(H,125,139)(H,126,142)(H,127,143)(H,146,147)(H4,102,103,108)(H4,104,105,109)(H4,106,107,110)/t54-,55+,59-,61-,62-,63-,64-,65-,66-,67-,68-,69-,70-,71-,75-,76-/m0/s1. The number of hydrogen-bond acceptors (Lipinski definition) is 29. The van der Waals surface area contributed by atoms with Gasteiger partial charge >= 0.3 is 5.97 Å². The van der Waals surface area contributed by atoms with Crippen molar-refractivity contribution in [3.63, 3.8) is 0 Å². The molecule has 0 bridgehead atoms. The molecule has 0 unspecified atom stereocenters. The van der Waals surface area contributed by atoms with Crippen LogP contribution in [0.1, 0.15) is 193 Å². The maximum Gasteiger partial charge on any atom is 0.326 e. The van der Waals surface area contributed by atoms with Gasteiger partial charge in [0, 0.05) is 56.0 Å². The van der Waals surface area contributed by atoms with E-state index >= 15 is 0 Å². The van der Waals surface area contributed by atoms with E-state index in [1.165, 1.54) is 18.7 Å². The second-order valence-corrected chi connectivity index (χ2v) is 37.3. The highest BCUT2D eigenvalue weighted by Crippen LogP contribution is 2.21. The van der Waals surface area contributed by atoms with Crippen molar-refractivity contribution in [2.45, 2.75) is 291 Å². The van der Waals surface area contributed by atoms with Gasteiger partial charge in [0.15, 0.2) is 17.9 Å². The number of aliphatic carboxylic acids is 1. The fraction of sp³-hybridized carbons (Fsp3) is 0.628. The average Bonchev–Trinajstić information content (AvgIpc) is 1.68. The zero-order valence-corrected chi connectivity index (χ0v) is 86.0. The molecule has 16 atom stereocenters. The van der Waals surface area contributed by atoms with Gasteiger partial charge in [0.05, 0.1) is 25.2 Å². The van der Waals surface area contributed by atoms with Crippen LogP contribution in [-0.2, 0) is 99.1 Å². The molecule has 148 heavy (non-hydrogen) atoms. The van der Waals surface area contributed by atoms with E-state index in [0.717, 1.165) is 6.92 Å². The number of benzene rings is 2. The Hall–Kier alpha value is -13.7. The number of primary amides is 1. The van der Waals surface area contributed by atoms with Crippen LogP contribution in [0.2, 0.25) is 0 Å². The number of aromatic nitrogens is 1. The number of aliphatic hydroxyl groups excluding tert-OH is 1. The number of carboxylic acids is 1. The van der Waals surface area contributed by atoms with Gasteiger partial charge in [0.2, 0.25) is 100 Å². The third-order valence-electron chi connectivity index (χ3n) is 23.6. The highest BCUT2D eigenvalue weighted by atomic mass is 32.2. The first-order chi connectivity index (χ1) is 70.4. The Labute approximate surface area is 865 Å². The van der Waals surface area contributed by atoms with Gasteiger partial charge in [-0.1, -0.05) is 68.8 Å². The zero-order chi connectivity index (χ0) is 110. The largest absolute Gasteiger partial charge is 0.480 e. The van der Waals surface area contributed by atoms with Crippen molar-refractivity contribution in [3.8, 4) is 0 Å². The van der Waals surface area contributed by atoms with E-state index in [9.17, 15) is 96.5 Å². The molecule has 2 aromatic carbocycles. The smallest absolute Gasteiger partial charge is 0.326 e. The Kier molecular flexibility index (Phi) is 62.3. The number of rotatable bonds is 77. The Balaban J connectivity index is 1.96. The molecule has 0 aliphatic rings. The van der Waals surface area contributed by atoms with Gasteiger partial charge in [0.25, 0.3) is 0 Å².